The van der Waals surface area contributed by atoms with E-state index in [9.17, 15) is 0 Å². The Morgan fingerprint density at radius 1 is 1.23 bits per heavy atom. The summed E-state index contributed by atoms with van der Waals surface area (Å²) in [4.78, 5) is 3.94. The van der Waals surface area contributed by atoms with Gasteiger partial charge < -0.3 is 0 Å². The van der Waals surface area contributed by atoms with Crippen LogP contribution in [0.2, 0.25) is 0 Å². The molecule has 3 aromatic rings. The van der Waals surface area contributed by atoms with E-state index in [2.05, 4.69) is 62.1 Å². The van der Waals surface area contributed by atoms with Crippen LogP contribution in [0.1, 0.15) is 22.9 Å². The second-order valence-corrected chi connectivity index (χ2v) is 6.78. The molecule has 1 saturated heterocycles. The zero-order valence-electron chi connectivity index (χ0n) is 12.3. The Bertz CT molecular complexity index is 720. The van der Waals surface area contributed by atoms with E-state index >= 15 is 0 Å². The molecule has 112 valence electrons. The van der Waals surface area contributed by atoms with E-state index in [0.717, 1.165) is 25.3 Å². The Balaban J connectivity index is 1.41. The number of nitrogens with one attached hydrogen (secondary N) is 1. The summed E-state index contributed by atoms with van der Waals surface area (Å²) >= 11 is 1.85. The molecule has 0 amide bonds. The summed E-state index contributed by atoms with van der Waals surface area (Å²) in [5, 5.41) is 13.1. The monoisotopic (exact) mass is 310 g/mol. The first kappa shape index (κ1) is 13.7. The highest BCUT2D eigenvalue weighted by molar-refractivity contribution is 7.10. The SMILES string of the molecule is c1ccc(-c2csc(CN3CCC(c4cn[nH]n4)C3)c2)cc1. The van der Waals surface area contributed by atoms with Gasteiger partial charge in [0.1, 0.15) is 0 Å². The third-order valence-corrected chi connectivity index (χ3v) is 5.19. The third kappa shape index (κ3) is 2.82. The van der Waals surface area contributed by atoms with Crippen molar-refractivity contribution < 1.29 is 0 Å². The summed E-state index contributed by atoms with van der Waals surface area (Å²) in [6, 6.07) is 12.9. The molecular formula is C17H18N4S. The Hall–Kier alpha value is -1.98. The Morgan fingerprint density at radius 3 is 2.95 bits per heavy atom. The smallest absolute Gasteiger partial charge is 0.0868 e. The minimum atomic E-state index is 0.521. The largest absolute Gasteiger partial charge is 0.298 e. The third-order valence-electron chi connectivity index (χ3n) is 4.26. The number of thiophene rings is 1. The molecule has 1 aromatic carbocycles. The van der Waals surface area contributed by atoms with Gasteiger partial charge in [-0.05, 0) is 35.5 Å². The first-order valence-corrected chi connectivity index (χ1v) is 8.47. The van der Waals surface area contributed by atoms with Crippen LogP contribution in [0, 0.1) is 0 Å². The average Bonchev–Trinajstić information content (AvgIpc) is 3.30. The van der Waals surface area contributed by atoms with Crippen LogP contribution < -0.4 is 0 Å². The first-order chi connectivity index (χ1) is 10.9. The lowest BCUT2D eigenvalue weighted by molar-refractivity contribution is 0.329. The van der Waals surface area contributed by atoms with Gasteiger partial charge >= 0.3 is 0 Å². The number of hydrogen-bond acceptors (Lipinski definition) is 4. The number of aromatic amines is 1. The number of nitrogens with zero attached hydrogens (tertiary/aromatic N) is 3. The zero-order valence-corrected chi connectivity index (χ0v) is 13.1. The number of rotatable bonds is 4. The minimum absolute atomic E-state index is 0.521. The summed E-state index contributed by atoms with van der Waals surface area (Å²) in [6.07, 6.45) is 3.02. The molecule has 0 radical (unpaired) electrons. The molecule has 4 nitrogen and oxygen atoms in total. The van der Waals surface area contributed by atoms with Crippen molar-refractivity contribution in [3.8, 4) is 11.1 Å². The number of likely N-dealkylation sites (tertiary alicyclic amines) is 1. The molecule has 3 heterocycles. The number of H-pyrrole nitrogens is 1. The quantitative estimate of drug-likeness (QED) is 0.802. The van der Waals surface area contributed by atoms with Gasteiger partial charge in [0.25, 0.3) is 0 Å². The summed E-state index contributed by atoms with van der Waals surface area (Å²) in [6.45, 7) is 3.24. The van der Waals surface area contributed by atoms with Crippen molar-refractivity contribution in [2.45, 2.75) is 18.9 Å². The van der Waals surface area contributed by atoms with Crippen molar-refractivity contribution in [1.29, 1.82) is 0 Å². The summed E-state index contributed by atoms with van der Waals surface area (Å²) < 4.78 is 0. The lowest BCUT2D eigenvalue weighted by atomic mass is 10.1. The fourth-order valence-corrected chi connectivity index (χ4v) is 4.03. The van der Waals surface area contributed by atoms with Crippen molar-refractivity contribution in [1.82, 2.24) is 20.3 Å². The molecule has 4 rings (SSSR count). The Kier molecular flexibility index (Phi) is 3.74. The lowest BCUT2D eigenvalue weighted by Crippen LogP contribution is -2.19. The summed E-state index contributed by atoms with van der Waals surface area (Å²) in [5.74, 6) is 0.521. The number of aromatic nitrogens is 3. The average molecular weight is 310 g/mol. The molecule has 1 atom stereocenters. The van der Waals surface area contributed by atoms with Crippen LogP contribution in [0.25, 0.3) is 11.1 Å². The van der Waals surface area contributed by atoms with E-state index in [1.165, 1.54) is 22.4 Å². The van der Waals surface area contributed by atoms with Gasteiger partial charge in [-0.15, -0.1) is 11.3 Å². The van der Waals surface area contributed by atoms with Gasteiger partial charge in [-0.3, -0.25) is 4.90 Å². The van der Waals surface area contributed by atoms with Crippen molar-refractivity contribution in [3.63, 3.8) is 0 Å². The van der Waals surface area contributed by atoms with Gasteiger partial charge in [0.2, 0.25) is 0 Å². The van der Waals surface area contributed by atoms with Gasteiger partial charge in [-0.1, -0.05) is 30.3 Å². The molecule has 1 fully saturated rings. The van der Waals surface area contributed by atoms with E-state index in [1.807, 2.05) is 17.5 Å². The maximum Gasteiger partial charge on any atom is 0.0868 e. The van der Waals surface area contributed by atoms with E-state index < -0.39 is 0 Å². The topological polar surface area (TPSA) is 44.8 Å². The highest BCUT2D eigenvalue weighted by atomic mass is 32.1. The van der Waals surface area contributed by atoms with E-state index in [4.69, 9.17) is 0 Å². The van der Waals surface area contributed by atoms with Gasteiger partial charge in [-0.25, -0.2) is 0 Å². The van der Waals surface area contributed by atoms with Gasteiger partial charge in [0, 0.05) is 23.9 Å². The second-order valence-electron chi connectivity index (χ2n) is 5.78. The molecule has 5 heteroatoms. The molecule has 22 heavy (non-hydrogen) atoms. The molecule has 1 aliphatic heterocycles. The molecule has 1 aliphatic rings. The number of benzene rings is 1. The zero-order chi connectivity index (χ0) is 14.8. The van der Waals surface area contributed by atoms with Crippen LogP contribution in [-0.2, 0) is 6.54 Å². The molecule has 1 N–H and O–H groups in total. The highest BCUT2D eigenvalue weighted by Crippen LogP contribution is 2.30. The molecule has 0 aliphatic carbocycles. The fraction of sp³-hybridized carbons (Fsp3) is 0.294. The maximum absolute atomic E-state index is 4.22. The maximum atomic E-state index is 4.22. The molecule has 0 spiro atoms. The fourth-order valence-electron chi connectivity index (χ4n) is 3.09. The second kappa shape index (κ2) is 6.02. The predicted molar refractivity (Wildman–Crippen MR) is 88.8 cm³/mol. The predicted octanol–water partition coefficient (Wildman–Crippen LogP) is 3.52. The minimum Gasteiger partial charge on any atom is -0.298 e. The van der Waals surface area contributed by atoms with Crippen LogP contribution >= 0.6 is 11.3 Å². The van der Waals surface area contributed by atoms with E-state index in [1.54, 1.807) is 0 Å². The van der Waals surface area contributed by atoms with E-state index in [-0.39, 0.29) is 0 Å². The molecule has 1 unspecified atom stereocenters. The lowest BCUT2D eigenvalue weighted by Gasteiger charge is -2.13. The van der Waals surface area contributed by atoms with Gasteiger partial charge in [0.15, 0.2) is 0 Å². The molecule has 2 aromatic heterocycles. The molecule has 0 saturated carbocycles. The van der Waals surface area contributed by atoms with Gasteiger partial charge in [0.05, 0.1) is 11.9 Å². The van der Waals surface area contributed by atoms with Crippen LogP contribution in [-0.4, -0.2) is 33.4 Å². The molecular weight excluding hydrogens is 292 g/mol. The normalized spacial score (nSPS) is 18.8. The van der Waals surface area contributed by atoms with Gasteiger partial charge in [-0.2, -0.15) is 15.4 Å². The van der Waals surface area contributed by atoms with Crippen molar-refractivity contribution in [3.05, 3.63) is 58.5 Å². The van der Waals surface area contributed by atoms with Crippen LogP contribution in [0.5, 0.6) is 0 Å². The first-order valence-electron chi connectivity index (χ1n) is 7.59. The summed E-state index contributed by atoms with van der Waals surface area (Å²) in [5.41, 5.74) is 3.72. The standard InChI is InChI=1S/C17H18N4S/c1-2-4-13(5-3-1)15-8-16(22-12-15)11-21-7-6-14(10-21)17-9-18-20-19-17/h1-5,8-9,12,14H,6-7,10-11H2,(H,18,19,20). The van der Waals surface area contributed by atoms with Crippen LogP contribution in [0.4, 0.5) is 0 Å². The van der Waals surface area contributed by atoms with Crippen molar-refractivity contribution in [2.75, 3.05) is 13.1 Å². The highest BCUT2D eigenvalue weighted by Gasteiger charge is 2.25. The van der Waals surface area contributed by atoms with Crippen molar-refractivity contribution >= 4 is 11.3 Å². The number of hydrogen-bond donors (Lipinski definition) is 1. The Morgan fingerprint density at radius 2 is 2.14 bits per heavy atom. The molecule has 0 bridgehead atoms. The van der Waals surface area contributed by atoms with Crippen LogP contribution in [0.15, 0.2) is 48.0 Å². The summed E-state index contributed by atoms with van der Waals surface area (Å²) in [7, 11) is 0. The van der Waals surface area contributed by atoms with E-state index in [0.29, 0.717) is 5.92 Å². The van der Waals surface area contributed by atoms with Crippen LogP contribution in [0.3, 0.4) is 0 Å². The van der Waals surface area contributed by atoms with Crippen molar-refractivity contribution in [2.24, 2.45) is 0 Å². The Labute approximate surface area is 133 Å².